The summed E-state index contributed by atoms with van der Waals surface area (Å²) in [6.45, 7) is 5.06. The first-order valence-electron chi connectivity index (χ1n) is 4.07. The van der Waals surface area contributed by atoms with Gasteiger partial charge in [0.2, 0.25) is 6.29 Å². The molecule has 0 aliphatic carbocycles. The minimum absolute atomic E-state index is 0.0622. The monoisotopic (exact) mass is 210 g/mol. The van der Waals surface area contributed by atoms with Crippen LogP contribution in [0.25, 0.3) is 0 Å². The van der Waals surface area contributed by atoms with Crippen LogP contribution in [0.5, 0.6) is 0 Å². The Morgan fingerprint density at radius 1 is 1.54 bits per heavy atom. The quantitative estimate of drug-likeness (QED) is 0.633. The van der Waals surface area contributed by atoms with Crippen molar-refractivity contribution in [3.63, 3.8) is 0 Å². The lowest BCUT2D eigenvalue weighted by molar-refractivity contribution is -0.166. The van der Waals surface area contributed by atoms with E-state index in [0.717, 1.165) is 0 Å². The van der Waals surface area contributed by atoms with Crippen LogP contribution in [0.1, 0.15) is 20.8 Å². The summed E-state index contributed by atoms with van der Waals surface area (Å²) < 4.78 is 37.0. The molecule has 78 valence electrons. The number of hydrogen-bond acceptors (Lipinski definition) is 5. The predicted octanol–water partition coefficient (Wildman–Crippen LogP) is 0.462. The summed E-state index contributed by atoms with van der Waals surface area (Å²) in [5.41, 5.74) is 0. The molecule has 0 aromatic heterocycles. The van der Waals surface area contributed by atoms with Gasteiger partial charge in [-0.05, 0) is 20.8 Å². The van der Waals surface area contributed by atoms with Gasteiger partial charge in [-0.2, -0.15) is 8.42 Å². The number of ether oxygens (including phenoxy) is 2. The molecule has 0 radical (unpaired) electrons. The molecule has 0 spiro atoms. The number of hydrogen-bond donors (Lipinski definition) is 0. The highest BCUT2D eigenvalue weighted by Crippen LogP contribution is 2.23. The van der Waals surface area contributed by atoms with E-state index in [9.17, 15) is 8.42 Å². The number of rotatable bonds is 3. The summed E-state index contributed by atoms with van der Waals surface area (Å²) in [5, 5.41) is 0. The molecule has 1 saturated heterocycles. The van der Waals surface area contributed by atoms with Crippen LogP contribution >= 0.6 is 0 Å². The molecule has 1 aliphatic heterocycles. The normalized spacial score (nSPS) is 27.8. The molecule has 1 aliphatic rings. The van der Waals surface area contributed by atoms with Crippen molar-refractivity contribution in [2.24, 2.45) is 0 Å². The minimum atomic E-state index is -3.46. The van der Waals surface area contributed by atoms with Crippen LogP contribution in [0.2, 0.25) is 0 Å². The molecule has 0 unspecified atom stereocenters. The fourth-order valence-corrected chi connectivity index (χ4v) is 1.49. The van der Waals surface area contributed by atoms with Gasteiger partial charge in [-0.3, -0.25) is 0 Å². The molecular weight excluding hydrogens is 196 g/mol. The first-order chi connectivity index (χ1) is 5.85. The van der Waals surface area contributed by atoms with E-state index in [1.54, 1.807) is 13.8 Å². The lowest BCUT2D eigenvalue weighted by Gasteiger charge is -2.16. The van der Waals surface area contributed by atoms with E-state index in [1.807, 2.05) is 0 Å². The van der Waals surface area contributed by atoms with Crippen molar-refractivity contribution >= 4 is 10.1 Å². The van der Waals surface area contributed by atoms with Gasteiger partial charge in [0.1, 0.15) is 6.61 Å². The van der Waals surface area contributed by atoms with Crippen molar-refractivity contribution in [1.29, 1.82) is 0 Å². The Bertz CT molecular complexity index is 269. The molecule has 1 atom stereocenters. The second kappa shape index (κ2) is 3.53. The van der Waals surface area contributed by atoms with Crippen LogP contribution in [0, 0.1) is 0 Å². The molecule has 0 aromatic rings. The molecule has 1 rings (SSSR count). The summed E-state index contributed by atoms with van der Waals surface area (Å²) in [4.78, 5) is 0. The Morgan fingerprint density at radius 2 is 2.15 bits per heavy atom. The third-order valence-electron chi connectivity index (χ3n) is 1.59. The van der Waals surface area contributed by atoms with Gasteiger partial charge in [0.15, 0.2) is 5.79 Å². The maximum atomic E-state index is 11.0. The van der Waals surface area contributed by atoms with Gasteiger partial charge in [-0.1, -0.05) is 0 Å². The molecule has 0 N–H and O–H groups in total. The first kappa shape index (κ1) is 10.9. The average molecular weight is 210 g/mol. The fraction of sp³-hybridized carbons (Fsp3) is 1.00. The van der Waals surface area contributed by atoms with Crippen molar-refractivity contribution in [2.45, 2.75) is 32.8 Å². The highest BCUT2D eigenvalue weighted by molar-refractivity contribution is 7.86. The van der Waals surface area contributed by atoms with Crippen molar-refractivity contribution < 1.29 is 22.1 Å². The van der Waals surface area contributed by atoms with Crippen LogP contribution in [0.3, 0.4) is 0 Å². The van der Waals surface area contributed by atoms with Gasteiger partial charge in [0.25, 0.3) is 10.1 Å². The molecule has 6 heteroatoms. The molecule has 1 fully saturated rings. The first-order valence-corrected chi connectivity index (χ1v) is 5.65. The highest BCUT2D eigenvalue weighted by Gasteiger charge is 2.35. The van der Waals surface area contributed by atoms with E-state index in [-0.39, 0.29) is 12.4 Å². The zero-order valence-corrected chi connectivity index (χ0v) is 8.76. The van der Waals surface area contributed by atoms with Gasteiger partial charge in [0, 0.05) is 0 Å². The van der Waals surface area contributed by atoms with E-state index in [2.05, 4.69) is 0 Å². The van der Waals surface area contributed by atoms with E-state index < -0.39 is 22.2 Å². The predicted molar refractivity (Wildman–Crippen MR) is 45.4 cm³/mol. The molecular formula is C7H14O5S. The zero-order chi connectivity index (χ0) is 10.1. The summed E-state index contributed by atoms with van der Waals surface area (Å²) >= 11 is 0. The summed E-state index contributed by atoms with van der Waals surface area (Å²) in [6, 6.07) is 0. The lowest BCUT2D eigenvalue weighted by atomic mass is 10.4. The largest absolute Gasteiger partial charge is 0.345 e. The van der Waals surface area contributed by atoms with Gasteiger partial charge < -0.3 is 9.47 Å². The Morgan fingerprint density at radius 3 is 2.54 bits per heavy atom. The molecule has 13 heavy (non-hydrogen) atoms. The fourth-order valence-electron chi connectivity index (χ4n) is 0.932. The molecule has 0 aromatic carbocycles. The van der Waals surface area contributed by atoms with Crippen molar-refractivity contribution in [3.8, 4) is 0 Å². The molecule has 5 nitrogen and oxygen atoms in total. The standard InChI is InChI=1S/C7H14O5S/c1-4-13(8,9)12-6-5-10-7(2,3)11-6/h6H,4-5H2,1-3H3/t6-/m0/s1. The maximum Gasteiger partial charge on any atom is 0.269 e. The van der Waals surface area contributed by atoms with E-state index in [0.29, 0.717) is 0 Å². The maximum absolute atomic E-state index is 11.0. The van der Waals surface area contributed by atoms with Crippen LogP contribution in [-0.4, -0.2) is 32.9 Å². The van der Waals surface area contributed by atoms with Gasteiger partial charge in [-0.15, -0.1) is 0 Å². The van der Waals surface area contributed by atoms with E-state index in [1.165, 1.54) is 6.92 Å². The topological polar surface area (TPSA) is 61.8 Å². The van der Waals surface area contributed by atoms with Gasteiger partial charge >= 0.3 is 0 Å². The Hall–Kier alpha value is -0.170. The second-order valence-electron chi connectivity index (χ2n) is 3.20. The molecule has 0 saturated carbocycles. The Kier molecular flexibility index (Phi) is 2.96. The third kappa shape index (κ3) is 3.22. The summed E-state index contributed by atoms with van der Waals surface area (Å²) in [7, 11) is -3.46. The zero-order valence-electron chi connectivity index (χ0n) is 7.94. The molecule has 0 amide bonds. The lowest BCUT2D eigenvalue weighted by Crippen LogP contribution is -2.25. The average Bonchev–Trinajstić information content (AvgIpc) is 2.29. The van der Waals surface area contributed by atoms with Crippen LogP contribution in [-0.2, 0) is 23.8 Å². The van der Waals surface area contributed by atoms with Crippen LogP contribution in [0.15, 0.2) is 0 Å². The van der Waals surface area contributed by atoms with Crippen molar-refractivity contribution in [3.05, 3.63) is 0 Å². The van der Waals surface area contributed by atoms with Crippen molar-refractivity contribution in [1.82, 2.24) is 0 Å². The SMILES string of the molecule is CCS(=O)(=O)O[C@H]1COC(C)(C)O1. The van der Waals surface area contributed by atoms with E-state index in [4.69, 9.17) is 13.7 Å². The molecule has 0 bridgehead atoms. The van der Waals surface area contributed by atoms with Gasteiger partial charge in [-0.25, -0.2) is 4.18 Å². The summed E-state index contributed by atoms with van der Waals surface area (Å²) in [6.07, 6.45) is -0.806. The second-order valence-corrected chi connectivity index (χ2v) is 5.09. The minimum Gasteiger partial charge on any atom is -0.345 e. The van der Waals surface area contributed by atoms with Crippen LogP contribution < -0.4 is 0 Å². The summed E-state index contributed by atoms with van der Waals surface area (Å²) in [5.74, 6) is -0.818. The highest BCUT2D eigenvalue weighted by atomic mass is 32.2. The molecule has 1 heterocycles. The van der Waals surface area contributed by atoms with E-state index >= 15 is 0 Å². The van der Waals surface area contributed by atoms with Crippen LogP contribution in [0.4, 0.5) is 0 Å². The smallest absolute Gasteiger partial charge is 0.269 e. The Labute approximate surface area is 78.1 Å². The Balaban J connectivity index is 2.50. The van der Waals surface area contributed by atoms with Crippen molar-refractivity contribution in [2.75, 3.05) is 12.4 Å². The third-order valence-corrected chi connectivity index (χ3v) is 2.80. The van der Waals surface area contributed by atoms with Gasteiger partial charge in [0.05, 0.1) is 5.75 Å².